The van der Waals surface area contributed by atoms with Crippen molar-refractivity contribution in [3.63, 3.8) is 0 Å². The first kappa shape index (κ1) is 17.7. The number of nitriles is 1. The molecule has 1 aliphatic heterocycles. The normalized spacial score (nSPS) is 20.5. The van der Waals surface area contributed by atoms with Crippen LogP contribution in [0.5, 0.6) is 0 Å². The lowest BCUT2D eigenvalue weighted by Gasteiger charge is -2.35. The van der Waals surface area contributed by atoms with E-state index in [4.69, 9.17) is 5.26 Å². The van der Waals surface area contributed by atoms with Crippen LogP contribution in [0.3, 0.4) is 0 Å². The third-order valence-electron chi connectivity index (χ3n) is 4.02. The van der Waals surface area contributed by atoms with Crippen molar-refractivity contribution in [1.82, 2.24) is 18.8 Å². The Hall–Kier alpha value is -1.63. The molecule has 0 aliphatic carbocycles. The van der Waals surface area contributed by atoms with Crippen molar-refractivity contribution in [3.05, 3.63) is 12.3 Å². The maximum atomic E-state index is 12.4. The number of aryl methyl sites for hydroxylation is 1. The zero-order valence-corrected chi connectivity index (χ0v) is 14.6. The number of hydrogen-bond acceptors (Lipinski definition) is 5. The van der Waals surface area contributed by atoms with E-state index in [1.165, 1.54) is 11.4 Å². The summed E-state index contributed by atoms with van der Waals surface area (Å²) in [6, 6.07) is 3.83. The van der Waals surface area contributed by atoms with Gasteiger partial charge in [0.2, 0.25) is 0 Å². The van der Waals surface area contributed by atoms with Gasteiger partial charge in [-0.2, -0.15) is 27.8 Å². The molecule has 0 aromatic carbocycles. The van der Waals surface area contributed by atoms with Crippen LogP contribution in [0.1, 0.15) is 19.8 Å². The van der Waals surface area contributed by atoms with Gasteiger partial charge in [0.25, 0.3) is 10.2 Å². The number of nitrogens with one attached hydrogen (secondary N) is 1. The summed E-state index contributed by atoms with van der Waals surface area (Å²) in [6.45, 7) is 3.39. The third kappa shape index (κ3) is 4.43. The first-order chi connectivity index (χ1) is 10.8. The Morgan fingerprint density at radius 1 is 1.61 bits per heavy atom. The molecule has 23 heavy (non-hydrogen) atoms. The quantitative estimate of drug-likeness (QED) is 0.804. The number of piperidine rings is 1. The molecule has 0 saturated carbocycles. The maximum Gasteiger partial charge on any atom is 0.279 e. The summed E-state index contributed by atoms with van der Waals surface area (Å²) in [5.41, 5.74) is 0. The van der Waals surface area contributed by atoms with E-state index in [-0.39, 0.29) is 18.5 Å². The number of hydrogen-bond donors (Lipinski definition) is 1. The molecule has 1 fully saturated rings. The third-order valence-corrected chi connectivity index (χ3v) is 5.62. The van der Waals surface area contributed by atoms with Gasteiger partial charge in [-0.3, -0.25) is 4.68 Å². The fourth-order valence-corrected chi connectivity index (χ4v) is 4.00. The van der Waals surface area contributed by atoms with Gasteiger partial charge in [-0.15, -0.1) is 0 Å². The van der Waals surface area contributed by atoms with Gasteiger partial charge in [0.15, 0.2) is 0 Å². The van der Waals surface area contributed by atoms with Gasteiger partial charge in [0, 0.05) is 45.8 Å². The van der Waals surface area contributed by atoms with Gasteiger partial charge in [0.1, 0.15) is 5.82 Å². The van der Waals surface area contributed by atoms with E-state index in [0.29, 0.717) is 6.54 Å². The Kier molecular flexibility index (Phi) is 5.62. The van der Waals surface area contributed by atoms with E-state index in [1.807, 2.05) is 13.1 Å². The molecule has 1 saturated heterocycles. The number of anilines is 1. The average Bonchev–Trinajstić information content (AvgIpc) is 2.93. The molecular formula is C14H24N6O2S. The molecule has 0 bridgehead atoms. The highest BCUT2D eigenvalue weighted by atomic mass is 32.2. The van der Waals surface area contributed by atoms with Crippen LogP contribution in [0, 0.1) is 17.2 Å². The molecule has 9 heteroatoms. The second-order valence-corrected chi connectivity index (χ2v) is 7.84. The molecule has 2 rings (SSSR count). The standard InChI is InChI=1S/C14H24N6O2S/c1-12(9-15)10-18(2)23(21,22)17-13-5-4-8-20(11-13)14-6-7-16-19(14)3/h6-7,12-13,17H,4-5,8,10-11H2,1-3H3. The average molecular weight is 340 g/mol. The number of aromatic nitrogens is 2. The SMILES string of the molecule is CC(C#N)CN(C)S(=O)(=O)NC1CCCN(c2ccnn2C)C1. The van der Waals surface area contributed by atoms with E-state index in [1.54, 1.807) is 17.8 Å². The predicted molar refractivity (Wildman–Crippen MR) is 87.9 cm³/mol. The summed E-state index contributed by atoms with van der Waals surface area (Å²) < 4.78 is 30.5. The van der Waals surface area contributed by atoms with Crippen LogP contribution in [-0.2, 0) is 17.3 Å². The van der Waals surface area contributed by atoms with Crippen LogP contribution in [-0.4, -0.2) is 55.2 Å². The zero-order valence-electron chi connectivity index (χ0n) is 13.8. The van der Waals surface area contributed by atoms with Crippen LogP contribution < -0.4 is 9.62 Å². The molecule has 128 valence electrons. The summed E-state index contributed by atoms with van der Waals surface area (Å²) in [4.78, 5) is 2.14. The number of nitrogens with zero attached hydrogens (tertiary/aromatic N) is 5. The molecule has 1 N–H and O–H groups in total. The van der Waals surface area contributed by atoms with Gasteiger partial charge in [0.05, 0.1) is 18.2 Å². The van der Waals surface area contributed by atoms with Crippen molar-refractivity contribution in [1.29, 1.82) is 5.26 Å². The van der Waals surface area contributed by atoms with Crippen LogP contribution in [0.4, 0.5) is 5.82 Å². The fraction of sp³-hybridized carbons (Fsp3) is 0.714. The first-order valence-corrected chi connectivity index (χ1v) is 9.13. The molecule has 2 atom stereocenters. The second-order valence-electron chi connectivity index (χ2n) is 6.03. The summed E-state index contributed by atoms with van der Waals surface area (Å²) in [6.07, 6.45) is 3.45. The highest BCUT2D eigenvalue weighted by Crippen LogP contribution is 2.19. The van der Waals surface area contributed by atoms with E-state index < -0.39 is 10.2 Å². The molecule has 2 heterocycles. The highest BCUT2D eigenvalue weighted by molar-refractivity contribution is 7.87. The molecule has 2 unspecified atom stereocenters. The molecule has 1 aromatic heterocycles. The van der Waals surface area contributed by atoms with Gasteiger partial charge in [-0.05, 0) is 19.8 Å². The topological polar surface area (TPSA) is 94.3 Å². The van der Waals surface area contributed by atoms with Crippen LogP contribution in [0.2, 0.25) is 0 Å². The van der Waals surface area contributed by atoms with Crippen molar-refractivity contribution < 1.29 is 8.42 Å². The molecule has 8 nitrogen and oxygen atoms in total. The molecular weight excluding hydrogens is 316 g/mol. The predicted octanol–water partition coefficient (Wildman–Crippen LogP) is 0.315. The maximum absolute atomic E-state index is 12.4. The molecule has 0 radical (unpaired) electrons. The lowest BCUT2D eigenvalue weighted by atomic mass is 10.1. The van der Waals surface area contributed by atoms with E-state index in [0.717, 1.165) is 25.2 Å². The minimum Gasteiger partial charge on any atom is -0.355 e. The minimum absolute atomic E-state index is 0.150. The van der Waals surface area contributed by atoms with Gasteiger partial charge < -0.3 is 4.90 Å². The Labute approximate surface area is 137 Å². The second kappa shape index (κ2) is 7.29. The van der Waals surface area contributed by atoms with Crippen LogP contribution in [0.15, 0.2) is 12.3 Å². The Balaban J connectivity index is 1.99. The van der Waals surface area contributed by atoms with Crippen molar-refractivity contribution in [2.75, 3.05) is 31.6 Å². The Morgan fingerprint density at radius 2 is 2.35 bits per heavy atom. The summed E-state index contributed by atoms with van der Waals surface area (Å²) >= 11 is 0. The summed E-state index contributed by atoms with van der Waals surface area (Å²) in [7, 11) is -0.211. The molecule has 1 aromatic rings. The lowest BCUT2D eigenvalue weighted by molar-refractivity contribution is 0.405. The van der Waals surface area contributed by atoms with Gasteiger partial charge in [-0.1, -0.05) is 0 Å². The Bertz CT molecular complexity index is 665. The van der Waals surface area contributed by atoms with Crippen molar-refractivity contribution in [2.45, 2.75) is 25.8 Å². The lowest BCUT2D eigenvalue weighted by Crippen LogP contribution is -2.51. The molecule has 0 spiro atoms. The first-order valence-electron chi connectivity index (χ1n) is 7.69. The Morgan fingerprint density at radius 3 is 2.96 bits per heavy atom. The van der Waals surface area contributed by atoms with Crippen LogP contribution >= 0.6 is 0 Å². The fourth-order valence-electron chi connectivity index (χ4n) is 2.78. The summed E-state index contributed by atoms with van der Waals surface area (Å²) in [5, 5.41) is 13.0. The van der Waals surface area contributed by atoms with Crippen molar-refractivity contribution >= 4 is 16.0 Å². The monoisotopic (exact) mass is 340 g/mol. The molecule has 0 amide bonds. The summed E-state index contributed by atoms with van der Waals surface area (Å²) in [5.74, 6) is 0.647. The van der Waals surface area contributed by atoms with Crippen LogP contribution in [0.25, 0.3) is 0 Å². The smallest absolute Gasteiger partial charge is 0.279 e. The zero-order chi connectivity index (χ0) is 17.0. The van der Waals surface area contributed by atoms with E-state index >= 15 is 0 Å². The minimum atomic E-state index is -3.58. The molecule has 1 aliphatic rings. The van der Waals surface area contributed by atoms with Crippen molar-refractivity contribution in [2.24, 2.45) is 13.0 Å². The largest absolute Gasteiger partial charge is 0.355 e. The van der Waals surface area contributed by atoms with E-state index in [9.17, 15) is 8.42 Å². The number of rotatable bonds is 6. The van der Waals surface area contributed by atoms with Gasteiger partial charge in [-0.25, -0.2) is 0 Å². The van der Waals surface area contributed by atoms with Crippen molar-refractivity contribution in [3.8, 4) is 6.07 Å². The highest BCUT2D eigenvalue weighted by Gasteiger charge is 2.28. The van der Waals surface area contributed by atoms with Gasteiger partial charge >= 0.3 is 0 Å². The van der Waals surface area contributed by atoms with E-state index in [2.05, 4.69) is 20.8 Å².